The number of hydrogen-bond acceptors (Lipinski definition) is 4. The molecule has 0 N–H and O–H groups in total. The minimum absolute atomic E-state index is 0.101. The summed E-state index contributed by atoms with van der Waals surface area (Å²) in [7, 11) is 3.04. The van der Waals surface area contributed by atoms with Gasteiger partial charge in [-0.05, 0) is 24.5 Å². The van der Waals surface area contributed by atoms with Crippen molar-refractivity contribution in [2.45, 2.75) is 37.4 Å². The molecule has 0 unspecified atom stereocenters. The molecule has 1 saturated carbocycles. The van der Waals surface area contributed by atoms with Crippen LogP contribution in [0.15, 0.2) is 42.2 Å². The van der Waals surface area contributed by atoms with Crippen LogP contribution in [0.25, 0.3) is 0 Å². The number of rotatable bonds is 3. The van der Waals surface area contributed by atoms with Gasteiger partial charge in [-0.25, -0.2) is 4.79 Å². The van der Waals surface area contributed by atoms with Gasteiger partial charge in [-0.3, -0.25) is 0 Å². The summed E-state index contributed by atoms with van der Waals surface area (Å²) in [5, 5.41) is 0. The van der Waals surface area contributed by atoms with Crippen LogP contribution in [0.4, 0.5) is 0 Å². The van der Waals surface area contributed by atoms with Gasteiger partial charge >= 0.3 is 5.97 Å². The lowest BCUT2D eigenvalue weighted by atomic mass is 9.71. The van der Waals surface area contributed by atoms with Crippen molar-refractivity contribution in [3.63, 3.8) is 0 Å². The maximum atomic E-state index is 12.0. The molecule has 1 heterocycles. The smallest absolute Gasteiger partial charge is 0.373 e. The third-order valence-electron chi connectivity index (χ3n) is 4.82. The number of ether oxygens (including phenoxy) is 3. The molecular formula is C18H22O4. The van der Waals surface area contributed by atoms with Gasteiger partial charge in [0.25, 0.3) is 0 Å². The predicted molar refractivity (Wildman–Crippen MR) is 82.1 cm³/mol. The highest BCUT2D eigenvalue weighted by molar-refractivity contribution is 5.86. The zero-order valence-corrected chi connectivity index (χ0v) is 13.1. The number of fused-ring (bicyclic) bond motifs is 1. The molecule has 4 nitrogen and oxygen atoms in total. The lowest BCUT2D eigenvalue weighted by molar-refractivity contribution is -0.259. The predicted octanol–water partition coefficient (Wildman–Crippen LogP) is 3.39. The van der Waals surface area contributed by atoms with Crippen molar-refractivity contribution >= 4 is 5.97 Å². The fourth-order valence-corrected chi connectivity index (χ4v) is 3.73. The van der Waals surface area contributed by atoms with Crippen LogP contribution < -0.4 is 0 Å². The molecule has 1 aromatic rings. The van der Waals surface area contributed by atoms with Crippen LogP contribution in [-0.4, -0.2) is 26.0 Å². The molecule has 1 aliphatic carbocycles. The van der Waals surface area contributed by atoms with Gasteiger partial charge in [-0.15, -0.1) is 0 Å². The minimum atomic E-state index is -0.725. The molecule has 4 heteroatoms. The number of hydrogen-bond donors (Lipinski definition) is 0. The number of allylic oxidation sites excluding steroid dienone is 1. The van der Waals surface area contributed by atoms with E-state index in [1.54, 1.807) is 7.11 Å². The van der Waals surface area contributed by atoms with Crippen molar-refractivity contribution in [3.05, 3.63) is 47.7 Å². The Morgan fingerprint density at radius 3 is 2.68 bits per heavy atom. The van der Waals surface area contributed by atoms with E-state index in [1.807, 2.05) is 24.3 Å². The standard InChI is InChI=1S/C18H22O4/c1-20-17(19)16-12-14(13-8-4-3-5-9-13)15-10-6-7-11-18(15,21-2)22-16/h3-5,8-9,12,14-15H,6-7,10-11H2,1-2H3/t14-,15+,18+/m1/s1. The van der Waals surface area contributed by atoms with Gasteiger partial charge in [0.1, 0.15) is 0 Å². The third kappa shape index (κ3) is 2.52. The van der Waals surface area contributed by atoms with Crippen molar-refractivity contribution in [1.82, 2.24) is 0 Å². The highest BCUT2D eigenvalue weighted by atomic mass is 16.7. The highest BCUT2D eigenvalue weighted by Gasteiger charge is 2.51. The second-order valence-corrected chi connectivity index (χ2v) is 5.93. The Labute approximate surface area is 131 Å². The third-order valence-corrected chi connectivity index (χ3v) is 4.82. The monoisotopic (exact) mass is 302 g/mol. The number of esters is 1. The molecule has 0 bridgehead atoms. The van der Waals surface area contributed by atoms with Crippen LogP contribution in [-0.2, 0) is 19.0 Å². The molecule has 3 rings (SSSR count). The first-order valence-corrected chi connectivity index (χ1v) is 7.79. The molecular weight excluding hydrogens is 280 g/mol. The molecule has 0 radical (unpaired) electrons. The van der Waals surface area contributed by atoms with Gasteiger partial charge in [0.15, 0.2) is 0 Å². The summed E-state index contributed by atoms with van der Waals surface area (Å²) in [6.45, 7) is 0. The van der Waals surface area contributed by atoms with Gasteiger partial charge in [-0.1, -0.05) is 36.8 Å². The average molecular weight is 302 g/mol. The lowest BCUT2D eigenvalue weighted by Gasteiger charge is -2.48. The minimum Gasteiger partial charge on any atom is -0.463 e. The van der Waals surface area contributed by atoms with Gasteiger partial charge in [0, 0.05) is 25.4 Å². The Morgan fingerprint density at radius 1 is 1.23 bits per heavy atom. The van der Waals surface area contributed by atoms with E-state index in [4.69, 9.17) is 14.2 Å². The summed E-state index contributed by atoms with van der Waals surface area (Å²) >= 11 is 0. The van der Waals surface area contributed by atoms with E-state index in [1.165, 1.54) is 12.7 Å². The second kappa shape index (κ2) is 6.13. The molecule has 2 aliphatic rings. The number of methoxy groups -OCH3 is 2. The fraction of sp³-hybridized carbons (Fsp3) is 0.500. The Bertz CT molecular complexity index is 566. The van der Waals surface area contributed by atoms with Crippen LogP contribution in [0.1, 0.15) is 37.2 Å². The van der Waals surface area contributed by atoms with E-state index < -0.39 is 11.8 Å². The van der Waals surface area contributed by atoms with Crippen LogP contribution in [0.2, 0.25) is 0 Å². The van der Waals surface area contributed by atoms with Gasteiger partial charge in [-0.2, -0.15) is 0 Å². The molecule has 0 aromatic heterocycles. The van der Waals surface area contributed by atoms with E-state index in [0.29, 0.717) is 0 Å². The van der Waals surface area contributed by atoms with Crippen LogP contribution in [0, 0.1) is 5.92 Å². The van der Waals surface area contributed by atoms with E-state index in [0.717, 1.165) is 25.7 Å². The first kappa shape index (κ1) is 15.1. The van der Waals surface area contributed by atoms with Gasteiger partial charge in [0.2, 0.25) is 11.5 Å². The molecule has 118 valence electrons. The molecule has 0 saturated heterocycles. The zero-order chi connectivity index (χ0) is 15.6. The molecule has 1 aliphatic heterocycles. The Hall–Kier alpha value is -1.81. The molecule has 1 aromatic carbocycles. The molecule has 22 heavy (non-hydrogen) atoms. The van der Waals surface area contributed by atoms with E-state index in [2.05, 4.69) is 12.1 Å². The van der Waals surface area contributed by atoms with Crippen molar-refractivity contribution in [2.75, 3.05) is 14.2 Å². The average Bonchev–Trinajstić information content (AvgIpc) is 2.60. The van der Waals surface area contributed by atoms with E-state index in [9.17, 15) is 4.79 Å². The van der Waals surface area contributed by atoms with Crippen molar-refractivity contribution in [1.29, 1.82) is 0 Å². The summed E-state index contributed by atoms with van der Waals surface area (Å²) in [5.74, 6) is -0.596. The van der Waals surface area contributed by atoms with Crippen molar-refractivity contribution in [2.24, 2.45) is 5.92 Å². The molecule has 0 spiro atoms. The lowest BCUT2D eigenvalue weighted by Crippen LogP contribution is -2.50. The first-order chi connectivity index (χ1) is 10.7. The first-order valence-electron chi connectivity index (χ1n) is 7.79. The fourth-order valence-electron chi connectivity index (χ4n) is 3.73. The number of benzene rings is 1. The van der Waals surface area contributed by atoms with Crippen molar-refractivity contribution < 1.29 is 19.0 Å². The molecule has 1 fully saturated rings. The van der Waals surface area contributed by atoms with E-state index >= 15 is 0 Å². The zero-order valence-electron chi connectivity index (χ0n) is 13.1. The normalized spacial score (nSPS) is 30.7. The van der Waals surface area contributed by atoms with Crippen LogP contribution in [0.5, 0.6) is 0 Å². The number of carbonyl (C=O) groups excluding carboxylic acids is 1. The van der Waals surface area contributed by atoms with Crippen LogP contribution >= 0.6 is 0 Å². The Kier molecular flexibility index (Phi) is 4.21. The Morgan fingerprint density at radius 2 is 2.00 bits per heavy atom. The largest absolute Gasteiger partial charge is 0.463 e. The van der Waals surface area contributed by atoms with Gasteiger partial charge in [0.05, 0.1) is 7.11 Å². The summed E-state index contributed by atoms with van der Waals surface area (Å²) in [6.07, 6.45) is 5.92. The quantitative estimate of drug-likeness (QED) is 0.803. The summed E-state index contributed by atoms with van der Waals surface area (Å²) in [5.41, 5.74) is 1.18. The topological polar surface area (TPSA) is 44.8 Å². The van der Waals surface area contributed by atoms with Gasteiger partial charge < -0.3 is 14.2 Å². The maximum Gasteiger partial charge on any atom is 0.373 e. The van der Waals surface area contributed by atoms with Crippen molar-refractivity contribution in [3.8, 4) is 0 Å². The Balaban J connectivity index is 2.05. The molecule has 0 amide bonds. The highest BCUT2D eigenvalue weighted by Crippen LogP contribution is 2.50. The SMILES string of the molecule is COC(=O)C1=C[C@H](c2ccccc2)[C@@H]2CCCC[C@]2(OC)O1. The molecule has 3 atom stereocenters. The van der Waals surface area contributed by atoms with E-state index in [-0.39, 0.29) is 17.6 Å². The summed E-state index contributed by atoms with van der Waals surface area (Å²) in [6, 6.07) is 10.2. The number of carbonyl (C=O) groups is 1. The second-order valence-electron chi connectivity index (χ2n) is 5.93. The maximum absolute atomic E-state index is 12.0. The van der Waals surface area contributed by atoms with Crippen LogP contribution in [0.3, 0.4) is 0 Å². The summed E-state index contributed by atoms with van der Waals surface area (Å²) in [4.78, 5) is 12.0. The summed E-state index contributed by atoms with van der Waals surface area (Å²) < 4.78 is 16.6.